The number of carbonyl (C=O) groups is 2. The van der Waals surface area contributed by atoms with Gasteiger partial charge in [-0.05, 0) is 30.9 Å². The van der Waals surface area contributed by atoms with Gasteiger partial charge in [0.05, 0.1) is 12.4 Å². The molecule has 2 rings (SSSR count). The molecule has 0 aromatic carbocycles. The Hall–Kier alpha value is -1.82. The van der Waals surface area contributed by atoms with Gasteiger partial charge < -0.3 is 19.8 Å². The second-order valence-corrected chi connectivity index (χ2v) is 5.55. The highest BCUT2D eigenvalue weighted by Gasteiger charge is 2.26. The molecular weight excluding hydrogens is 272 g/mol. The molecule has 1 aliphatic heterocycles. The Bertz CT molecular complexity index is 464. The highest BCUT2D eigenvalue weighted by atomic mass is 16.5. The fourth-order valence-electron chi connectivity index (χ4n) is 2.28. The van der Waals surface area contributed by atoms with Gasteiger partial charge in [-0.3, -0.25) is 9.59 Å². The molecule has 0 saturated carbocycles. The first-order chi connectivity index (χ1) is 10.1. The smallest absolute Gasteiger partial charge is 0.287 e. The molecule has 1 fully saturated rings. The van der Waals surface area contributed by atoms with Crippen LogP contribution in [0.5, 0.6) is 0 Å². The van der Waals surface area contributed by atoms with Crippen LogP contribution in [0.3, 0.4) is 0 Å². The first kappa shape index (κ1) is 15.6. The Kier molecular flexibility index (Phi) is 5.38. The van der Waals surface area contributed by atoms with E-state index in [4.69, 9.17) is 9.15 Å². The van der Waals surface area contributed by atoms with Gasteiger partial charge in [-0.1, -0.05) is 13.8 Å². The van der Waals surface area contributed by atoms with Gasteiger partial charge in [0.1, 0.15) is 6.04 Å². The minimum atomic E-state index is -0.594. The first-order valence-electron chi connectivity index (χ1n) is 7.31. The predicted molar refractivity (Wildman–Crippen MR) is 76.8 cm³/mol. The summed E-state index contributed by atoms with van der Waals surface area (Å²) in [5, 5.41) is 5.56. The third-order valence-electron chi connectivity index (χ3n) is 3.51. The zero-order chi connectivity index (χ0) is 15.2. The lowest BCUT2D eigenvalue weighted by Gasteiger charge is -2.22. The van der Waals surface area contributed by atoms with Crippen LogP contribution in [0, 0.1) is 5.92 Å². The number of carbonyl (C=O) groups excluding carboxylic acids is 2. The van der Waals surface area contributed by atoms with Crippen molar-refractivity contribution in [1.29, 1.82) is 0 Å². The van der Waals surface area contributed by atoms with Crippen LogP contribution in [0.15, 0.2) is 22.8 Å². The van der Waals surface area contributed by atoms with E-state index in [-0.39, 0.29) is 29.6 Å². The highest BCUT2D eigenvalue weighted by Crippen LogP contribution is 2.11. The maximum atomic E-state index is 12.2. The van der Waals surface area contributed by atoms with Crippen LogP contribution in [0.4, 0.5) is 0 Å². The van der Waals surface area contributed by atoms with Crippen LogP contribution in [0.25, 0.3) is 0 Å². The van der Waals surface area contributed by atoms with Crippen molar-refractivity contribution in [3.05, 3.63) is 24.2 Å². The largest absolute Gasteiger partial charge is 0.459 e. The molecule has 0 radical (unpaired) electrons. The molecule has 116 valence electrons. The Morgan fingerprint density at radius 3 is 2.81 bits per heavy atom. The summed E-state index contributed by atoms with van der Waals surface area (Å²) in [6.07, 6.45) is 3.51. The van der Waals surface area contributed by atoms with Crippen molar-refractivity contribution in [1.82, 2.24) is 10.6 Å². The van der Waals surface area contributed by atoms with Crippen LogP contribution in [0.1, 0.15) is 37.2 Å². The van der Waals surface area contributed by atoms with Crippen molar-refractivity contribution >= 4 is 11.8 Å². The second-order valence-electron chi connectivity index (χ2n) is 5.55. The molecule has 1 aliphatic rings. The lowest BCUT2D eigenvalue weighted by atomic mass is 10.0. The lowest BCUT2D eigenvalue weighted by molar-refractivity contribution is -0.124. The highest BCUT2D eigenvalue weighted by molar-refractivity contribution is 5.95. The Morgan fingerprint density at radius 1 is 1.43 bits per heavy atom. The van der Waals surface area contributed by atoms with E-state index >= 15 is 0 Å². The van der Waals surface area contributed by atoms with E-state index in [1.54, 1.807) is 12.1 Å². The molecule has 6 nitrogen and oxygen atoms in total. The number of amides is 2. The number of nitrogens with one attached hydrogen (secondary N) is 2. The molecule has 1 aromatic heterocycles. The topological polar surface area (TPSA) is 80.6 Å². The van der Waals surface area contributed by atoms with Gasteiger partial charge in [0.25, 0.3) is 5.91 Å². The molecule has 1 aromatic rings. The summed E-state index contributed by atoms with van der Waals surface area (Å²) in [7, 11) is 0. The van der Waals surface area contributed by atoms with E-state index in [1.807, 2.05) is 13.8 Å². The average molecular weight is 294 g/mol. The molecule has 0 bridgehead atoms. The summed E-state index contributed by atoms with van der Waals surface area (Å²) in [6, 6.07) is 2.61. The van der Waals surface area contributed by atoms with E-state index in [1.165, 1.54) is 6.26 Å². The van der Waals surface area contributed by atoms with Crippen LogP contribution in [-0.2, 0) is 9.53 Å². The third-order valence-corrected chi connectivity index (χ3v) is 3.51. The summed E-state index contributed by atoms with van der Waals surface area (Å²) in [4.78, 5) is 24.2. The zero-order valence-electron chi connectivity index (χ0n) is 12.4. The van der Waals surface area contributed by atoms with E-state index < -0.39 is 6.04 Å². The van der Waals surface area contributed by atoms with Gasteiger partial charge in [0.2, 0.25) is 5.91 Å². The van der Waals surface area contributed by atoms with Gasteiger partial charge in [-0.25, -0.2) is 0 Å². The van der Waals surface area contributed by atoms with E-state index in [9.17, 15) is 9.59 Å². The molecular formula is C15H22N2O4. The third kappa shape index (κ3) is 4.32. The van der Waals surface area contributed by atoms with Crippen molar-refractivity contribution in [2.24, 2.45) is 5.92 Å². The van der Waals surface area contributed by atoms with Gasteiger partial charge >= 0.3 is 0 Å². The zero-order valence-corrected chi connectivity index (χ0v) is 12.4. The first-order valence-corrected chi connectivity index (χ1v) is 7.31. The molecule has 2 amide bonds. The fraction of sp³-hybridized carbons (Fsp3) is 0.600. The van der Waals surface area contributed by atoms with Crippen LogP contribution in [-0.4, -0.2) is 37.1 Å². The summed E-state index contributed by atoms with van der Waals surface area (Å²) in [5.41, 5.74) is 0. The number of hydrogen-bond acceptors (Lipinski definition) is 4. The summed E-state index contributed by atoms with van der Waals surface area (Å²) in [5.74, 6) is -0.396. The number of hydrogen-bond donors (Lipinski definition) is 2. The van der Waals surface area contributed by atoms with Crippen molar-refractivity contribution in [3.63, 3.8) is 0 Å². The molecule has 0 unspecified atom stereocenters. The normalized spacial score (nSPS) is 19.5. The predicted octanol–water partition coefficient (Wildman–Crippen LogP) is 1.33. The fourth-order valence-corrected chi connectivity index (χ4v) is 2.28. The van der Waals surface area contributed by atoms with Crippen LogP contribution < -0.4 is 10.6 Å². The monoisotopic (exact) mass is 294 g/mol. The van der Waals surface area contributed by atoms with E-state index in [2.05, 4.69) is 10.6 Å². The number of furan rings is 1. The quantitative estimate of drug-likeness (QED) is 0.829. The lowest BCUT2D eigenvalue weighted by Crippen LogP contribution is -2.50. The van der Waals surface area contributed by atoms with Crippen molar-refractivity contribution < 1.29 is 18.7 Å². The van der Waals surface area contributed by atoms with Gasteiger partial charge in [-0.2, -0.15) is 0 Å². The van der Waals surface area contributed by atoms with E-state index in [0.29, 0.717) is 6.54 Å². The summed E-state index contributed by atoms with van der Waals surface area (Å²) >= 11 is 0. The van der Waals surface area contributed by atoms with Gasteiger partial charge in [-0.15, -0.1) is 0 Å². The van der Waals surface area contributed by atoms with Gasteiger partial charge in [0, 0.05) is 13.2 Å². The molecule has 21 heavy (non-hydrogen) atoms. The average Bonchev–Trinajstić information content (AvgIpc) is 3.13. The Balaban J connectivity index is 1.88. The molecule has 2 N–H and O–H groups in total. The number of rotatable bonds is 6. The minimum absolute atomic E-state index is 0.0200. The molecule has 0 spiro atoms. The SMILES string of the molecule is CC(C)[C@H](NC(=O)c1ccco1)C(=O)NC[C@H]1CCCO1. The second kappa shape index (κ2) is 7.26. The maximum Gasteiger partial charge on any atom is 0.287 e. The molecule has 2 heterocycles. The van der Waals surface area contributed by atoms with Crippen molar-refractivity contribution in [2.75, 3.05) is 13.2 Å². The molecule has 2 atom stereocenters. The van der Waals surface area contributed by atoms with Gasteiger partial charge in [0.15, 0.2) is 5.76 Å². The molecule has 0 aliphatic carbocycles. The van der Waals surface area contributed by atoms with Crippen molar-refractivity contribution in [3.8, 4) is 0 Å². The maximum absolute atomic E-state index is 12.2. The minimum Gasteiger partial charge on any atom is -0.459 e. The standard InChI is InChI=1S/C15H22N2O4/c1-10(2)13(17-14(18)12-6-4-8-21-12)15(19)16-9-11-5-3-7-20-11/h4,6,8,10-11,13H,3,5,7,9H2,1-2H3,(H,16,19)(H,17,18)/t11-,13+/m1/s1. The van der Waals surface area contributed by atoms with Crippen molar-refractivity contribution in [2.45, 2.75) is 38.8 Å². The van der Waals surface area contributed by atoms with E-state index in [0.717, 1.165) is 19.4 Å². The van der Waals surface area contributed by atoms with Crippen LogP contribution >= 0.6 is 0 Å². The summed E-state index contributed by atoms with van der Waals surface area (Å²) in [6.45, 7) is 5.01. The number of ether oxygens (including phenoxy) is 1. The Labute approximate surface area is 124 Å². The molecule has 6 heteroatoms. The Morgan fingerprint density at radius 2 is 2.24 bits per heavy atom. The summed E-state index contributed by atoms with van der Waals surface area (Å²) < 4.78 is 10.5. The van der Waals surface area contributed by atoms with Crippen LogP contribution in [0.2, 0.25) is 0 Å². The molecule has 1 saturated heterocycles.